The summed E-state index contributed by atoms with van der Waals surface area (Å²) in [6.45, 7) is 9.80. The summed E-state index contributed by atoms with van der Waals surface area (Å²) in [6, 6.07) is 15.9. The maximum absolute atomic E-state index is 10.3. The first-order valence-corrected chi connectivity index (χ1v) is 36.8. The lowest BCUT2D eigenvalue weighted by Gasteiger charge is -2.35. The van der Waals surface area contributed by atoms with Crippen LogP contribution in [0.4, 0.5) is 0 Å². The van der Waals surface area contributed by atoms with E-state index in [1.165, 1.54) is 191 Å². The molecule has 3 aromatic carbocycles. The summed E-state index contributed by atoms with van der Waals surface area (Å²) >= 11 is 0. The third kappa shape index (κ3) is 30.9. The Balaban J connectivity index is 0.000000223. The number of hydrogen-bond acceptors (Lipinski definition) is 11. The minimum absolute atomic E-state index is 0.121. The molecule has 6 aliphatic carbocycles. The largest absolute Gasteiger partial charge is 0.594 e. The van der Waals surface area contributed by atoms with Gasteiger partial charge in [-0.15, -0.1) is 0 Å². The van der Waals surface area contributed by atoms with Crippen LogP contribution >= 0.6 is 0 Å². The molecule has 1 heterocycles. The molecule has 7 aliphatic rings. The van der Waals surface area contributed by atoms with Crippen molar-refractivity contribution in [3.63, 3.8) is 0 Å². The molecule has 500 valence electrons. The van der Waals surface area contributed by atoms with Crippen LogP contribution in [0.3, 0.4) is 0 Å². The Hall–Kier alpha value is -4.65. The zero-order chi connectivity index (χ0) is 64.4. The van der Waals surface area contributed by atoms with Crippen LogP contribution in [0.15, 0.2) is 78.9 Å². The van der Waals surface area contributed by atoms with Gasteiger partial charge in [0.05, 0.1) is 0 Å². The topological polar surface area (TPSA) is 183 Å². The number of phenols is 4. The normalized spacial score (nSPS) is 18.2. The van der Waals surface area contributed by atoms with Crippen molar-refractivity contribution < 1.29 is 54.1 Å². The zero-order valence-corrected chi connectivity index (χ0v) is 56.5. The summed E-state index contributed by atoms with van der Waals surface area (Å²) < 4.78 is 18.2. The fourth-order valence-corrected chi connectivity index (χ4v) is 14.7. The van der Waals surface area contributed by atoms with Crippen molar-refractivity contribution in [2.75, 3.05) is 13.2 Å². The van der Waals surface area contributed by atoms with Gasteiger partial charge in [-0.05, 0) is 165 Å². The number of ketones is 2. The lowest BCUT2D eigenvalue weighted by molar-refractivity contribution is -0.113. The van der Waals surface area contributed by atoms with E-state index < -0.39 is 14.2 Å². The lowest BCUT2D eigenvalue weighted by atomic mass is 9.28. The lowest BCUT2D eigenvalue weighted by Crippen LogP contribution is -2.31. The van der Waals surface area contributed by atoms with E-state index in [0.717, 1.165) is 130 Å². The number of carbonyl (C=O) groups excluding carboxylic acids is 2. The van der Waals surface area contributed by atoms with Crippen LogP contribution in [0.25, 0.3) is 0 Å². The Labute approximate surface area is 546 Å². The average Bonchev–Trinajstić information content (AvgIpc) is 2.13. The van der Waals surface area contributed by atoms with Crippen molar-refractivity contribution >= 4 is 32.5 Å². The van der Waals surface area contributed by atoms with Crippen LogP contribution in [0.5, 0.6) is 34.5 Å². The number of unbranched alkanes of at least 4 members (excludes halogenated alkanes) is 9. The van der Waals surface area contributed by atoms with Crippen molar-refractivity contribution in [1.29, 1.82) is 0 Å². The summed E-state index contributed by atoms with van der Waals surface area (Å²) in [7, 11) is -1.49. The van der Waals surface area contributed by atoms with E-state index in [2.05, 4.69) is 20.8 Å². The van der Waals surface area contributed by atoms with Gasteiger partial charge in [-0.1, -0.05) is 238 Å². The molecule has 11 nitrogen and oxygen atoms in total. The molecule has 6 N–H and O–H groups in total. The minimum atomic E-state index is -1.10. The van der Waals surface area contributed by atoms with E-state index in [1.807, 2.05) is 24.3 Å². The van der Waals surface area contributed by atoms with Crippen LogP contribution in [0, 0.1) is 0 Å². The second-order valence-electron chi connectivity index (χ2n) is 27.1. The molecular weight excluding hydrogens is 1120 g/mol. The van der Waals surface area contributed by atoms with Crippen LogP contribution in [-0.4, -0.2) is 76.2 Å². The Bertz CT molecular complexity index is 2300. The van der Waals surface area contributed by atoms with E-state index in [0.29, 0.717) is 41.3 Å². The molecule has 5 saturated carbocycles. The second-order valence-corrected chi connectivity index (χ2v) is 27.1. The summed E-state index contributed by atoms with van der Waals surface area (Å²) in [4.78, 5) is 20.6. The fraction of sp³-hybridized carbons (Fsp3) is 0.684. The maximum Gasteiger partial charge on any atom is 0.594 e. The van der Waals surface area contributed by atoms with Gasteiger partial charge in [-0.3, -0.25) is 9.59 Å². The molecule has 0 aromatic heterocycles. The van der Waals surface area contributed by atoms with E-state index in [4.69, 9.17) is 24.1 Å². The number of hydrogen-bond donors (Lipinski definition) is 6. The van der Waals surface area contributed by atoms with E-state index in [1.54, 1.807) is 56.3 Å². The molecule has 14 heteroatoms. The highest BCUT2D eigenvalue weighted by Crippen LogP contribution is 2.45. The summed E-state index contributed by atoms with van der Waals surface area (Å²) in [5.74, 6) is 6.14. The number of benzene rings is 3. The van der Waals surface area contributed by atoms with Crippen LogP contribution in [0.1, 0.15) is 306 Å². The molecule has 3 aromatic rings. The van der Waals surface area contributed by atoms with Gasteiger partial charge in [0.2, 0.25) is 0 Å². The fourth-order valence-electron chi connectivity index (χ4n) is 14.7. The maximum atomic E-state index is 10.3. The summed E-state index contributed by atoms with van der Waals surface area (Å²) in [6.07, 6.45) is 58.9. The molecule has 0 bridgehead atoms. The van der Waals surface area contributed by atoms with Crippen molar-refractivity contribution in [3.05, 3.63) is 95.6 Å². The molecular formula is C76H121B3O11. The monoisotopic (exact) mass is 1240 g/mol. The molecule has 0 radical (unpaired) electrons. The van der Waals surface area contributed by atoms with Gasteiger partial charge in [0, 0.05) is 25.1 Å². The van der Waals surface area contributed by atoms with Gasteiger partial charge in [-0.2, -0.15) is 0 Å². The Morgan fingerprint density at radius 3 is 1.11 bits per heavy atom. The van der Waals surface area contributed by atoms with Crippen LogP contribution in [0.2, 0.25) is 30.6 Å². The van der Waals surface area contributed by atoms with Crippen molar-refractivity contribution in [2.45, 2.75) is 320 Å². The molecule has 1 aliphatic heterocycles. The van der Waals surface area contributed by atoms with Gasteiger partial charge in [-0.25, -0.2) is 0 Å². The highest BCUT2D eigenvalue weighted by atomic mass is 16.6. The van der Waals surface area contributed by atoms with Crippen LogP contribution < -0.4 is 9.31 Å². The first-order valence-electron chi connectivity index (χ1n) is 36.8. The van der Waals surface area contributed by atoms with Crippen molar-refractivity contribution in [1.82, 2.24) is 0 Å². The second kappa shape index (κ2) is 46.4. The first kappa shape index (κ1) is 76.1. The zero-order valence-electron chi connectivity index (χ0n) is 56.5. The van der Waals surface area contributed by atoms with E-state index in [-0.39, 0.29) is 17.3 Å². The van der Waals surface area contributed by atoms with Gasteiger partial charge in [0.15, 0.2) is 11.6 Å². The third-order valence-electron chi connectivity index (χ3n) is 19.8. The molecule has 0 amide bonds. The molecule has 1 saturated heterocycles. The smallest absolute Gasteiger partial charge is 0.526 e. The minimum Gasteiger partial charge on any atom is -0.526 e. The van der Waals surface area contributed by atoms with E-state index in [9.17, 15) is 30.0 Å². The Morgan fingerprint density at radius 2 is 0.744 bits per heavy atom. The number of aromatic hydroxyl groups is 4. The molecule has 90 heavy (non-hydrogen) atoms. The summed E-state index contributed by atoms with van der Waals surface area (Å²) in [5.41, 5.74) is 3.15. The molecule has 6 fully saturated rings. The number of phenolic OH excluding ortho intramolecular Hbond substituents is 4. The van der Waals surface area contributed by atoms with Gasteiger partial charge in [0.25, 0.3) is 0 Å². The summed E-state index contributed by atoms with van der Waals surface area (Å²) in [5, 5.41) is 56.3. The Kier molecular flexibility index (Phi) is 39.2. The van der Waals surface area contributed by atoms with Crippen molar-refractivity contribution in [2.24, 2.45) is 0 Å². The predicted molar refractivity (Wildman–Crippen MR) is 375 cm³/mol. The highest BCUT2D eigenvalue weighted by molar-refractivity contribution is 6.62. The number of carbonyl (C=O) groups is 2. The number of ether oxygens (including phenoxy) is 1. The van der Waals surface area contributed by atoms with Gasteiger partial charge >= 0.3 is 14.2 Å². The average molecular weight is 1240 g/mol. The predicted octanol–water partition coefficient (Wildman–Crippen LogP) is 20.7. The van der Waals surface area contributed by atoms with Crippen molar-refractivity contribution in [3.8, 4) is 34.5 Å². The standard InChI is InChI=1S/C30H43BO4.C18H35B.C12H16O2.C6H15BO2.C6H4O2.C4H8O/c1-2-3-4-11-20-31(34-29-18-16-25(32)21-27(29)23-12-7-5-8-13-23)35-30-19-17-26(33)22-28(30)24-14-9-6-10-15-24;1-2-3-4-11-16-19(17-12-7-5-8-13-17)18-14-9-6-10-15-18;13-10-6-7-12(14)11(8-10)9-4-2-1-3-5-9;1-2-3-4-5-6-7(8)9;7-5-1-2-6(8)4-3-5;1-2-4-5-3-1/h16-19,21-24,32-33H,2-15,20H2,1H3;17-18H,2-16H2,1H3;6-9,13-14H,1-5H2;8-9H,2-6H2,1H3;1-4H;1-4H2. The number of allylic oxidation sites excluding steroid dienone is 4. The first-order chi connectivity index (χ1) is 43.9. The molecule has 0 atom stereocenters. The van der Waals surface area contributed by atoms with E-state index >= 15 is 0 Å². The Morgan fingerprint density at radius 1 is 0.400 bits per heavy atom. The highest BCUT2D eigenvalue weighted by Gasteiger charge is 2.34. The number of rotatable bonds is 24. The van der Waals surface area contributed by atoms with Gasteiger partial charge in [0.1, 0.15) is 41.2 Å². The quantitative estimate of drug-likeness (QED) is 0.0217. The molecule has 10 rings (SSSR count). The molecule has 0 spiro atoms. The van der Waals surface area contributed by atoms with Gasteiger partial charge < -0.3 is 44.5 Å². The third-order valence-corrected chi connectivity index (χ3v) is 19.8. The molecule has 0 unspecified atom stereocenters. The SMILES string of the molecule is C1CCOC1.CCCCCCB(C1CCCCC1)C1CCCCC1.CCCCCCB(O)O.CCCCCCB(Oc1ccc(O)cc1C1CCCCC1)Oc1ccc(O)cc1C1CCCCC1.O=C1C=CC(=O)C=C1.Oc1ccc(O)c(C2CCCCC2)c1. The van der Waals surface area contributed by atoms with Crippen LogP contribution in [-0.2, 0) is 14.3 Å².